The average molecular weight is 325 g/mol. The lowest BCUT2D eigenvalue weighted by atomic mass is 9.98. The van der Waals surface area contributed by atoms with E-state index in [-0.39, 0.29) is 12.5 Å². The number of nitrogens with zero attached hydrogens (tertiary/aromatic N) is 2. The van der Waals surface area contributed by atoms with E-state index < -0.39 is 0 Å². The quantitative estimate of drug-likeness (QED) is 0.744. The maximum Gasteiger partial charge on any atom is 0.221 e. The van der Waals surface area contributed by atoms with E-state index >= 15 is 0 Å². The van der Waals surface area contributed by atoms with Crippen LogP contribution in [0.2, 0.25) is 0 Å². The SMILES string of the molecule is O=C(CCN1CCCCCCC1)NCC1CCCN(CCO)C1. The van der Waals surface area contributed by atoms with Crippen LogP contribution in [0.4, 0.5) is 0 Å². The van der Waals surface area contributed by atoms with Crippen molar-refractivity contribution in [3.8, 4) is 0 Å². The molecule has 2 saturated heterocycles. The van der Waals surface area contributed by atoms with Crippen molar-refractivity contribution in [2.24, 2.45) is 5.92 Å². The molecule has 2 aliphatic heterocycles. The molecule has 1 amide bonds. The molecule has 2 rings (SSSR count). The second-order valence-corrected chi connectivity index (χ2v) is 7.20. The average Bonchev–Trinajstić information content (AvgIpc) is 2.52. The highest BCUT2D eigenvalue weighted by Crippen LogP contribution is 2.15. The standard InChI is InChI=1S/C18H35N3O2/c22-14-13-21-11-6-7-17(16-21)15-19-18(23)8-12-20-9-4-2-1-3-5-10-20/h17,22H,1-16H2,(H,19,23). The van der Waals surface area contributed by atoms with Gasteiger partial charge in [0, 0.05) is 32.6 Å². The molecule has 23 heavy (non-hydrogen) atoms. The van der Waals surface area contributed by atoms with Gasteiger partial charge < -0.3 is 20.2 Å². The second kappa shape index (κ2) is 11.0. The lowest BCUT2D eigenvalue weighted by Gasteiger charge is -2.32. The summed E-state index contributed by atoms with van der Waals surface area (Å²) in [5, 5.41) is 12.2. The first-order valence-electron chi connectivity index (χ1n) is 9.60. The number of piperidine rings is 1. The number of aliphatic hydroxyl groups is 1. The van der Waals surface area contributed by atoms with E-state index in [1.54, 1.807) is 0 Å². The van der Waals surface area contributed by atoms with Crippen molar-refractivity contribution < 1.29 is 9.90 Å². The number of rotatable bonds is 7. The first-order valence-corrected chi connectivity index (χ1v) is 9.60. The van der Waals surface area contributed by atoms with Crippen LogP contribution >= 0.6 is 0 Å². The van der Waals surface area contributed by atoms with Crippen molar-refractivity contribution in [3.63, 3.8) is 0 Å². The topological polar surface area (TPSA) is 55.8 Å². The number of aliphatic hydroxyl groups excluding tert-OH is 1. The number of amides is 1. The van der Waals surface area contributed by atoms with Gasteiger partial charge in [-0.2, -0.15) is 0 Å². The van der Waals surface area contributed by atoms with Crippen LogP contribution in [0.15, 0.2) is 0 Å². The molecule has 2 heterocycles. The third kappa shape index (κ3) is 7.64. The van der Waals surface area contributed by atoms with Crippen LogP contribution in [-0.4, -0.2) is 73.2 Å². The molecular weight excluding hydrogens is 290 g/mol. The smallest absolute Gasteiger partial charge is 0.221 e. The highest BCUT2D eigenvalue weighted by molar-refractivity contribution is 5.76. The molecule has 0 radical (unpaired) electrons. The molecule has 2 fully saturated rings. The number of hydrogen-bond acceptors (Lipinski definition) is 4. The van der Waals surface area contributed by atoms with E-state index in [1.165, 1.54) is 44.9 Å². The second-order valence-electron chi connectivity index (χ2n) is 7.20. The summed E-state index contributed by atoms with van der Waals surface area (Å²) in [5.74, 6) is 0.743. The van der Waals surface area contributed by atoms with Gasteiger partial charge >= 0.3 is 0 Å². The molecule has 0 saturated carbocycles. The zero-order valence-corrected chi connectivity index (χ0v) is 14.6. The molecule has 134 valence electrons. The van der Waals surface area contributed by atoms with Crippen molar-refractivity contribution in [1.29, 1.82) is 0 Å². The highest BCUT2D eigenvalue weighted by Gasteiger charge is 2.20. The van der Waals surface area contributed by atoms with Crippen molar-refractivity contribution in [2.75, 3.05) is 52.4 Å². The van der Waals surface area contributed by atoms with E-state index in [0.29, 0.717) is 12.3 Å². The van der Waals surface area contributed by atoms with E-state index in [2.05, 4.69) is 15.1 Å². The van der Waals surface area contributed by atoms with Gasteiger partial charge in [0.25, 0.3) is 0 Å². The van der Waals surface area contributed by atoms with E-state index in [0.717, 1.165) is 45.8 Å². The molecule has 0 aromatic heterocycles. The Balaban J connectivity index is 1.58. The Bertz CT molecular complexity index is 328. The fraction of sp³-hybridized carbons (Fsp3) is 0.944. The molecule has 0 aromatic rings. The third-order valence-electron chi connectivity index (χ3n) is 5.21. The Kier molecular flexibility index (Phi) is 8.94. The molecule has 0 aliphatic carbocycles. The van der Waals surface area contributed by atoms with Crippen LogP contribution < -0.4 is 5.32 Å². The largest absolute Gasteiger partial charge is 0.395 e. The van der Waals surface area contributed by atoms with Crippen LogP contribution in [0.1, 0.15) is 51.4 Å². The van der Waals surface area contributed by atoms with Gasteiger partial charge in [0.2, 0.25) is 5.91 Å². The number of carbonyl (C=O) groups excluding carboxylic acids is 1. The van der Waals surface area contributed by atoms with Gasteiger partial charge in [0.05, 0.1) is 6.61 Å². The minimum atomic E-state index is 0.200. The lowest BCUT2D eigenvalue weighted by molar-refractivity contribution is -0.121. The molecule has 0 bridgehead atoms. The number of hydrogen-bond donors (Lipinski definition) is 2. The molecule has 2 aliphatic rings. The minimum absolute atomic E-state index is 0.200. The molecule has 1 atom stereocenters. The maximum absolute atomic E-state index is 12.1. The lowest BCUT2D eigenvalue weighted by Crippen LogP contribution is -2.42. The Morgan fingerprint density at radius 1 is 0.957 bits per heavy atom. The zero-order valence-electron chi connectivity index (χ0n) is 14.6. The van der Waals surface area contributed by atoms with Gasteiger partial charge in [-0.25, -0.2) is 0 Å². The van der Waals surface area contributed by atoms with E-state index in [9.17, 15) is 4.79 Å². The normalized spacial score (nSPS) is 24.8. The number of nitrogens with one attached hydrogen (secondary N) is 1. The summed E-state index contributed by atoms with van der Waals surface area (Å²) in [6.45, 7) is 7.10. The molecule has 5 heteroatoms. The number of carbonyl (C=O) groups is 1. The van der Waals surface area contributed by atoms with Gasteiger partial charge in [-0.05, 0) is 51.2 Å². The first kappa shape index (κ1) is 18.7. The third-order valence-corrected chi connectivity index (χ3v) is 5.21. The molecular formula is C18H35N3O2. The van der Waals surface area contributed by atoms with Gasteiger partial charge in [0.1, 0.15) is 0 Å². The fourth-order valence-electron chi connectivity index (χ4n) is 3.81. The Labute approximate surface area is 141 Å². The molecule has 1 unspecified atom stereocenters. The van der Waals surface area contributed by atoms with Crippen LogP contribution in [0, 0.1) is 5.92 Å². The van der Waals surface area contributed by atoms with E-state index in [4.69, 9.17) is 5.11 Å². The first-order chi connectivity index (χ1) is 11.3. The van der Waals surface area contributed by atoms with E-state index in [1.807, 2.05) is 0 Å². The van der Waals surface area contributed by atoms with Crippen LogP contribution in [0.3, 0.4) is 0 Å². The fourth-order valence-corrected chi connectivity index (χ4v) is 3.81. The molecule has 2 N–H and O–H groups in total. The van der Waals surface area contributed by atoms with Crippen molar-refractivity contribution in [3.05, 3.63) is 0 Å². The molecule has 5 nitrogen and oxygen atoms in total. The zero-order chi connectivity index (χ0) is 16.3. The predicted molar refractivity (Wildman–Crippen MR) is 93.4 cm³/mol. The van der Waals surface area contributed by atoms with Crippen molar-refractivity contribution in [2.45, 2.75) is 51.4 Å². The van der Waals surface area contributed by atoms with Gasteiger partial charge in [-0.3, -0.25) is 4.79 Å². The Morgan fingerprint density at radius 3 is 2.39 bits per heavy atom. The summed E-state index contributed by atoms with van der Waals surface area (Å²) in [5.41, 5.74) is 0. The summed E-state index contributed by atoms with van der Waals surface area (Å²) in [6.07, 6.45) is 9.62. The van der Waals surface area contributed by atoms with Gasteiger partial charge in [-0.15, -0.1) is 0 Å². The highest BCUT2D eigenvalue weighted by atomic mass is 16.3. The minimum Gasteiger partial charge on any atom is -0.395 e. The summed E-state index contributed by atoms with van der Waals surface area (Å²) >= 11 is 0. The summed E-state index contributed by atoms with van der Waals surface area (Å²) in [7, 11) is 0. The summed E-state index contributed by atoms with van der Waals surface area (Å²) in [6, 6.07) is 0. The molecule has 0 spiro atoms. The van der Waals surface area contributed by atoms with Crippen LogP contribution in [0.25, 0.3) is 0 Å². The van der Waals surface area contributed by atoms with Crippen LogP contribution in [0.5, 0.6) is 0 Å². The Morgan fingerprint density at radius 2 is 1.65 bits per heavy atom. The molecule has 0 aromatic carbocycles. The van der Waals surface area contributed by atoms with Crippen molar-refractivity contribution >= 4 is 5.91 Å². The monoisotopic (exact) mass is 325 g/mol. The van der Waals surface area contributed by atoms with Gasteiger partial charge in [0.15, 0.2) is 0 Å². The van der Waals surface area contributed by atoms with Crippen molar-refractivity contribution in [1.82, 2.24) is 15.1 Å². The maximum atomic E-state index is 12.1. The Hall–Kier alpha value is -0.650. The summed E-state index contributed by atoms with van der Waals surface area (Å²) in [4.78, 5) is 16.9. The predicted octanol–water partition coefficient (Wildman–Crippen LogP) is 1.46. The number of likely N-dealkylation sites (tertiary alicyclic amines) is 2. The van der Waals surface area contributed by atoms with Crippen LogP contribution in [-0.2, 0) is 4.79 Å². The van der Waals surface area contributed by atoms with Gasteiger partial charge in [-0.1, -0.05) is 19.3 Å². The summed E-state index contributed by atoms with van der Waals surface area (Å²) < 4.78 is 0. The number of β-amino-alcohol motifs (C(OH)–C–C–N with tert-alkyl or cyclic N) is 1.